The van der Waals surface area contributed by atoms with Crippen molar-refractivity contribution < 1.29 is 17.9 Å². The van der Waals surface area contributed by atoms with Crippen molar-refractivity contribution in [3.63, 3.8) is 0 Å². The number of hydrogen-bond donors (Lipinski definition) is 0. The van der Waals surface area contributed by atoms with Crippen LogP contribution in [-0.2, 0) is 5.33 Å². The zero-order chi connectivity index (χ0) is 10.8. The number of benzene rings is 1. The Morgan fingerprint density at radius 2 is 1.93 bits per heavy atom. The quantitative estimate of drug-likeness (QED) is 0.735. The highest BCUT2D eigenvalue weighted by Crippen LogP contribution is 2.31. The zero-order valence-corrected chi connectivity index (χ0v) is 9.91. The molecule has 0 aliphatic rings. The van der Waals surface area contributed by atoms with Crippen molar-refractivity contribution in [3.8, 4) is 5.75 Å². The van der Waals surface area contributed by atoms with Crippen LogP contribution in [0.2, 0.25) is 0 Å². The van der Waals surface area contributed by atoms with Crippen LogP contribution in [0.3, 0.4) is 0 Å². The van der Waals surface area contributed by atoms with Crippen LogP contribution in [-0.4, -0.2) is 6.36 Å². The third-order valence-electron chi connectivity index (χ3n) is 1.38. The Kier molecular flexibility index (Phi) is 3.83. The molecule has 0 unspecified atom stereocenters. The number of alkyl halides is 4. The average molecular weight is 334 g/mol. The third kappa shape index (κ3) is 3.49. The third-order valence-corrected chi connectivity index (χ3v) is 2.64. The van der Waals surface area contributed by atoms with Crippen molar-refractivity contribution in [2.24, 2.45) is 0 Å². The van der Waals surface area contributed by atoms with Gasteiger partial charge in [0.15, 0.2) is 0 Å². The molecular formula is C8H5Br2F3O. The van der Waals surface area contributed by atoms with Gasteiger partial charge in [-0.3, -0.25) is 0 Å². The highest BCUT2D eigenvalue weighted by Gasteiger charge is 2.31. The van der Waals surface area contributed by atoms with Crippen molar-refractivity contribution in [1.29, 1.82) is 0 Å². The first kappa shape index (κ1) is 11.8. The van der Waals surface area contributed by atoms with Crippen LogP contribution in [0, 0.1) is 0 Å². The Balaban J connectivity index is 2.89. The van der Waals surface area contributed by atoms with Crippen LogP contribution in [0.1, 0.15) is 5.56 Å². The van der Waals surface area contributed by atoms with E-state index >= 15 is 0 Å². The molecule has 0 radical (unpaired) electrons. The Labute approximate surface area is 95.5 Å². The minimum absolute atomic E-state index is 0.234. The second-order valence-electron chi connectivity index (χ2n) is 2.45. The summed E-state index contributed by atoms with van der Waals surface area (Å²) in [5.74, 6) is -0.234. The van der Waals surface area contributed by atoms with Gasteiger partial charge in [-0.2, -0.15) is 0 Å². The molecule has 1 nitrogen and oxygen atoms in total. The van der Waals surface area contributed by atoms with Gasteiger partial charge in [0.1, 0.15) is 5.75 Å². The number of ether oxygens (including phenoxy) is 1. The molecule has 0 spiro atoms. The summed E-state index contributed by atoms with van der Waals surface area (Å²) < 4.78 is 39.6. The molecule has 1 aromatic carbocycles. The van der Waals surface area contributed by atoms with Crippen LogP contribution in [0.15, 0.2) is 22.7 Å². The molecule has 0 amide bonds. The maximum Gasteiger partial charge on any atom is 0.573 e. The summed E-state index contributed by atoms with van der Waals surface area (Å²) >= 11 is 6.19. The molecule has 0 aliphatic heterocycles. The lowest BCUT2D eigenvalue weighted by Crippen LogP contribution is -2.17. The van der Waals surface area contributed by atoms with Gasteiger partial charge in [-0.25, -0.2) is 0 Å². The molecular weight excluding hydrogens is 329 g/mol. The second-order valence-corrected chi connectivity index (χ2v) is 3.86. The van der Waals surface area contributed by atoms with E-state index in [9.17, 15) is 13.2 Å². The predicted octanol–water partition coefficient (Wildman–Crippen LogP) is 4.24. The molecule has 0 saturated carbocycles. The number of rotatable bonds is 2. The largest absolute Gasteiger partial charge is 0.573 e. The standard InChI is InChI=1S/C8H5Br2F3O/c9-4-5-1-2-7(6(10)3-5)14-8(11,12)13/h1-3H,4H2. The molecule has 0 bridgehead atoms. The van der Waals surface area contributed by atoms with E-state index in [0.717, 1.165) is 5.56 Å². The van der Waals surface area contributed by atoms with Crippen LogP contribution in [0.4, 0.5) is 13.2 Å². The van der Waals surface area contributed by atoms with Crippen molar-refractivity contribution >= 4 is 31.9 Å². The van der Waals surface area contributed by atoms with Crippen LogP contribution < -0.4 is 4.74 Å². The first-order chi connectivity index (χ1) is 6.42. The van der Waals surface area contributed by atoms with Gasteiger partial charge in [0.2, 0.25) is 0 Å². The molecule has 0 aliphatic carbocycles. The fourth-order valence-corrected chi connectivity index (χ4v) is 1.69. The first-order valence-corrected chi connectivity index (χ1v) is 5.44. The summed E-state index contributed by atoms with van der Waals surface area (Å²) in [5, 5.41) is 0.581. The van der Waals surface area contributed by atoms with E-state index in [1.807, 2.05) is 0 Å². The predicted molar refractivity (Wildman–Crippen MR) is 53.5 cm³/mol. The summed E-state index contributed by atoms with van der Waals surface area (Å²) in [4.78, 5) is 0. The maximum atomic E-state index is 11.9. The SMILES string of the molecule is FC(F)(F)Oc1ccc(CBr)cc1Br. The van der Waals surface area contributed by atoms with E-state index in [1.165, 1.54) is 6.07 Å². The molecule has 0 atom stereocenters. The van der Waals surface area contributed by atoms with E-state index in [0.29, 0.717) is 5.33 Å². The van der Waals surface area contributed by atoms with Crippen LogP contribution in [0.5, 0.6) is 5.75 Å². The molecule has 0 fully saturated rings. The first-order valence-electron chi connectivity index (χ1n) is 3.52. The maximum absolute atomic E-state index is 11.9. The fourth-order valence-electron chi connectivity index (χ4n) is 0.835. The summed E-state index contributed by atoms with van der Waals surface area (Å²) in [5.41, 5.74) is 0.867. The molecule has 0 heterocycles. The van der Waals surface area contributed by atoms with Crippen molar-refractivity contribution in [1.82, 2.24) is 0 Å². The van der Waals surface area contributed by atoms with Gasteiger partial charge < -0.3 is 4.74 Å². The van der Waals surface area contributed by atoms with Gasteiger partial charge in [-0.15, -0.1) is 13.2 Å². The van der Waals surface area contributed by atoms with Crippen LogP contribution in [0.25, 0.3) is 0 Å². The number of hydrogen-bond acceptors (Lipinski definition) is 1. The summed E-state index contributed by atoms with van der Waals surface area (Å²) in [6.45, 7) is 0. The van der Waals surface area contributed by atoms with Gasteiger partial charge in [0.25, 0.3) is 0 Å². The smallest absolute Gasteiger partial charge is 0.405 e. The second kappa shape index (κ2) is 4.53. The minimum Gasteiger partial charge on any atom is -0.405 e. The van der Waals surface area contributed by atoms with Gasteiger partial charge >= 0.3 is 6.36 Å². The van der Waals surface area contributed by atoms with E-state index < -0.39 is 6.36 Å². The topological polar surface area (TPSA) is 9.23 Å². The van der Waals surface area contributed by atoms with E-state index in [2.05, 4.69) is 36.6 Å². The Morgan fingerprint density at radius 1 is 1.29 bits per heavy atom. The Hall–Kier alpha value is -0.230. The van der Waals surface area contributed by atoms with Gasteiger partial charge in [-0.05, 0) is 33.6 Å². The molecule has 0 aromatic heterocycles. The van der Waals surface area contributed by atoms with Crippen LogP contribution >= 0.6 is 31.9 Å². The minimum atomic E-state index is -4.65. The summed E-state index contributed by atoms with van der Waals surface area (Å²) in [6, 6.07) is 4.39. The molecule has 1 aromatic rings. The summed E-state index contributed by atoms with van der Waals surface area (Å²) in [7, 11) is 0. The van der Waals surface area contributed by atoms with Crippen molar-refractivity contribution in [2.75, 3.05) is 0 Å². The lowest BCUT2D eigenvalue weighted by molar-refractivity contribution is -0.274. The van der Waals surface area contributed by atoms with Crippen molar-refractivity contribution in [3.05, 3.63) is 28.2 Å². The van der Waals surface area contributed by atoms with E-state index in [4.69, 9.17) is 0 Å². The lowest BCUT2D eigenvalue weighted by atomic mass is 10.2. The van der Waals surface area contributed by atoms with E-state index in [1.54, 1.807) is 12.1 Å². The monoisotopic (exact) mass is 332 g/mol. The lowest BCUT2D eigenvalue weighted by Gasteiger charge is -2.10. The Bertz CT molecular complexity index is 325. The zero-order valence-electron chi connectivity index (χ0n) is 6.74. The molecule has 0 N–H and O–H groups in total. The normalized spacial score (nSPS) is 11.5. The van der Waals surface area contributed by atoms with Crippen molar-refractivity contribution in [2.45, 2.75) is 11.7 Å². The fraction of sp³-hybridized carbons (Fsp3) is 0.250. The average Bonchev–Trinajstić information content (AvgIpc) is 2.06. The highest BCUT2D eigenvalue weighted by atomic mass is 79.9. The highest BCUT2D eigenvalue weighted by molar-refractivity contribution is 9.10. The van der Waals surface area contributed by atoms with Gasteiger partial charge in [0, 0.05) is 5.33 Å². The molecule has 1 rings (SSSR count). The molecule has 14 heavy (non-hydrogen) atoms. The molecule has 78 valence electrons. The van der Waals surface area contributed by atoms with E-state index in [-0.39, 0.29) is 10.2 Å². The Morgan fingerprint density at radius 3 is 2.36 bits per heavy atom. The molecule has 0 saturated heterocycles. The number of halogens is 5. The summed E-state index contributed by atoms with van der Waals surface area (Å²) in [6.07, 6.45) is -4.65. The molecule has 6 heteroatoms. The van der Waals surface area contributed by atoms with Gasteiger partial charge in [-0.1, -0.05) is 22.0 Å². The van der Waals surface area contributed by atoms with Gasteiger partial charge in [0.05, 0.1) is 4.47 Å².